The molecule has 0 spiro atoms. The van der Waals surface area contributed by atoms with Gasteiger partial charge >= 0.3 is 0 Å². The van der Waals surface area contributed by atoms with E-state index in [0.717, 1.165) is 31.6 Å². The van der Waals surface area contributed by atoms with Crippen LogP contribution in [0, 0.1) is 5.82 Å². The van der Waals surface area contributed by atoms with Crippen LogP contribution in [0.1, 0.15) is 18.4 Å². The van der Waals surface area contributed by atoms with Gasteiger partial charge in [0.1, 0.15) is 5.82 Å². The van der Waals surface area contributed by atoms with Gasteiger partial charge in [-0.05, 0) is 25.0 Å². The normalized spacial score (nSPS) is 17.5. The lowest BCUT2D eigenvalue weighted by Gasteiger charge is -2.33. The summed E-state index contributed by atoms with van der Waals surface area (Å²) in [5.41, 5.74) is 6.95. The molecule has 4 heteroatoms. The fourth-order valence-corrected chi connectivity index (χ4v) is 2.25. The van der Waals surface area contributed by atoms with Gasteiger partial charge in [0.25, 0.3) is 0 Å². The number of methoxy groups -OCH3 is 1. The van der Waals surface area contributed by atoms with Crippen LogP contribution in [0.2, 0.25) is 0 Å². The molecule has 0 radical (unpaired) electrons. The number of hydrogen-bond donors (Lipinski definition) is 1. The smallest absolute Gasteiger partial charge is 0.129 e. The average molecular weight is 238 g/mol. The van der Waals surface area contributed by atoms with Gasteiger partial charge in [0, 0.05) is 38.0 Å². The first kappa shape index (κ1) is 12.3. The molecule has 0 aliphatic carbocycles. The van der Waals surface area contributed by atoms with Crippen LogP contribution in [-0.2, 0) is 11.3 Å². The van der Waals surface area contributed by atoms with Crippen LogP contribution in [0.15, 0.2) is 18.2 Å². The zero-order valence-electron chi connectivity index (χ0n) is 10.2. The van der Waals surface area contributed by atoms with E-state index >= 15 is 0 Å². The molecule has 1 aliphatic rings. The lowest BCUT2D eigenvalue weighted by Crippen LogP contribution is -2.36. The summed E-state index contributed by atoms with van der Waals surface area (Å²) in [6.45, 7) is 2.08. The Balaban J connectivity index is 2.06. The number of ether oxygens (including phenoxy) is 1. The molecule has 0 amide bonds. The van der Waals surface area contributed by atoms with E-state index < -0.39 is 0 Å². The van der Waals surface area contributed by atoms with Gasteiger partial charge in [0.2, 0.25) is 0 Å². The second-order valence-corrected chi connectivity index (χ2v) is 4.40. The molecule has 17 heavy (non-hydrogen) atoms. The molecule has 94 valence electrons. The highest BCUT2D eigenvalue weighted by Gasteiger charge is 2.19. The molecule has 1 fully saturated rings. The van der Waals surface area contributed by atoms with Crippen LogP contribution < -0.4 is 10.6 Å². The first-order valence-electron chi connectivity index (χ1n) is 6.01. The molecule has 0 aromatic heterocycles. The van der Waals surface area contributed by atoms with E-state index in [1.807, 2.05) is 6.07 Å². The lowest BCUT2D eigenvalue weighted by atomic mass is 10.1. The van der Waals surface area contributed by atoms with E-state index in [-0.39, 0.29) is 12.4 Å². The van der Waals surface area contributed by atoms with Gasteiger partial charge in [0.05, 0.1) is 6.10 Å². The Hall–Kier alpha value is -1.13. The number of rotatable bonds is 3. The summed E-state index contributed by atoms with van der Waals surface area (Å²) in [4.78, 5) is 2.19. The monoisotopic (exact) mass is 238 g/mol. The van der Waals surface area contributed by atoms with Gasteiger partial charge in [-0.25, -0.2) is 4.39 Å². The molecule has 1 aromatic carbocycles. The Morgan fingerprint density at radius 1 is 1.41 bits per heavy atom. The predicted molar refractivity (Wildman–Crippen MR) is 66.5 cm³/mol. The molecule has 0 bridgehead atoms. The molecule has 2 rings (SSSR count). The van der Waals surface area contributed by atoms with Crippen molar-refractivity contribution in [3.63, 3.8) is 0 Å². The van der Waals surface area contributed by atoms with E-state index in [4.69, 9.17) is 10.5 Å². The Kier molecular flexibility index (Phi) is 3.97. The summed E-state index contributed by atoms with van der Waals surface area (Å²) in [5, 5.41) is 0. The van der Waals surface area contributed by atoms with Crippen LogP contribution in [0.3, 0.4) is 0 Å². The predicted octanol–water partition coefficient (Wildman–Crippen LogP) is 1.90. The van der Waals surface area contributed by atoms with Crippen molar-refractivity contribution in [1.29, 1.82) is 0 Å². The van der Waals surface area contributed by atoms with Crippen LogP contribution in [-0.4, -0.2) is 26.3 Å². The van der Waals surface area contributed by atoms with Crippen LogP contribution in [0.5, 0.6) is 0 Å². The summed E-state index contributed by atoms with van der Waals surface area (Å²) in [7, 11) is 1.75. The van der Waals surface area contributed by atoms with Gasteiger partial charge < -0.3 is 15.4 Å². The van der Waals surface area contributed by atoms with Gasteiger partial charge in [-0.15, -0.1) is 0 Å². The van der Waals surface area contributed by atoms with Crippen LogP contribution in [0.25, 0.3) is 0 Å². The number of nitrogens with two attached hydrogens (primary N) is 1. The van der Waals surface area contributed by atoms with Crippen molar-refractivity contribution in [3.05, 3.63) is 29.6 Å². The van der Waals surface area contributed by atoms with Gasteiger partial charge in [-0.2, -0.15) is 0 Å². The van der Waals surface area contributed by atoms with Crippen molar-refractivity contribution >= 4 is 5.69 Å². The summed E-state index contributed by atoms with van der Waals surface area (Å²) < 4.78 is 18.9. The zero-order valence-corrected chi connectivity index (χ0v) is 10.2. The van der Waals surface area contributed by atoms with Crippen molar-refractivity contribution in [2.45, 2.75) is 25.5 Å². The molecular weight excluding hydrogens is 219 g/mol. The third-order valence-corrected chi connectivity index (χ3v) is 3.40. The maximum Gasteiger partial charge on any atom is 0.129 e. The van der Waals surface area contributed by atoms with E-state index in [0.29, 0.717) is 11.7 Å². The molecular formula is C13H19FN2O. The van der Waals surface area contributed by atoms with E-state index in [9.17, 15) is 4.39 Å². The average Bonchev–Trinajstić information content (AvgIpc) is 2.39. The quantitative estimate of drug-likeness (QED) is 0.874. The molecule has 1 aliphatic heterocycles. The minimum absolute atomic E-state index is 0.209. The van der Waals surface area contributed by atoms with Gasteiger partial charge in [-0.1, -0.05) is 6.07 Å². The Morgan fingerprint density at radius 3 is 2.65 bits per heavy atom. The minimum Gasteiger partial charge on any atom is -0.381 e. The van der Waals surface area contributed by atoms with Gasteiger partial charge in [0.15, 0.2) is 0 Å². The highest BCUT2D eigenvalue weighted by atomic mass is 19.1. The minimum atomic E-state index is -0.209. The fourth-order valence-electron chi connectivity index (χ4n) is 2.25. The first-order valence-corrected chi connectivity index (χ1v) is 6.01. The molecule has 0 saturated carbocycles. The highest BCUT2D eigenvalue weighted by Crippen LogP contribution is 2.23. The molecule has 0 atom stereocenters. The Bertz CT molecular complexity index is 376. The van der Waals surface area contributed by atoms with Crippen molar-refractivity contribution in [3.8, 4) is 0 Å². The van der Waals surface area contributed by atoms with Crippen molar-refractivity contribution < 1.29 is 9.13 Å². The maximum absolute atomic E-state index is 13.6. The second kappa shape index (κ2) is 5.47. The zero-order chi connectivity index (χ0) is 12.3. The molecule has 1 aromatic rings. The molecule has 3 nitrogen and oxygen atoms in total. The fraction of sp³-hybridized carbons (Fsp3) is 0.538. The third kappa shape index (κ3) is 2.76. The second-order valence-electron chi connectivity index (χ2n) is 4.40. The maximum atomic E-state index is 13.6. The molecule has 2 N–H and O–H groups in total. The number of benzene rings is 1. The Morgan fingerprint density at radius 2 is 2.12 bits per heavy atom. The van der Waals surface area contributed by atoms with Crippen molar-refractivity contribution in [2.24, 2.45) is 5.73 Å². The topological polar surface area (TPSA) is 38.5 Å². The lowest BCUT2D eigenvalue weighted by molar-refractivity contribution is 0.0819. The number of anilines is 1. The van der Waals surface area contributed by atoms with Crippen LogP contribution in [0.4, 0.5) is 10.1 Å². The molecule has 1 heterocycles. The largest absolute Gasteiger partial charge is 0.381 e. The summed E-state index contributed by atoms with van der Waals surface area (Å²) in [6.07, 6.45) is 2.34. The standard InChI is InChI=1S/C13H19FN2O/c1-17-12-4-6-16(7-5-12)11-3-2-10(9-15)13(14)8-11/h2-3,8,12H,4-7,9,15H2,1H3. The van der Waals surface area contributed by atoms with E-state index in [1.54, 1.807) is 19.2 Å². The van der Waals surface area contributed by atoms with Crippen molar-refractivity contribution in [2.75, 3.05) is 25.1 Å². The summed E-state index contributed by atoms with van der Waals surface area (Å²) in [5.74, 6) is -0.209. The molecule has 1 saturated heterocycles. The van der Waals surface area contributed by atoms with Gasteiger partial charge in [-0.3, -0.25) is 0 Å². The van der Waals surface area contributed by atoms with Crippen LogP contribution >= 0.6 is 0 Å². The Labute approximate surface area is 101 Å². The van der Waals surface area contributed by atoms with E-state index in [1.165, 1.54) is 0 Å². The number of halogens is 1. The number of piperidine rings is 1. The third-order valence-electron chi connectivity index (χ3n) is 3.40. The number of hydrogen-bond acceptors (Lipinski definition) is 3. The summed E-state index contributed by atoms with van der Waals surface area (Å²) in [6, 6.07) is 5.29. The van der Waals surface area contributed by atoms with Crippen molar-refractivity contribution in [1.82, 2.24) is 0 Å². The molecule has 0 unspecified atom stereocenters. The highest BCUT2D eigenvalue weighted by molar-refractivity contribution is 5.48. The van der Waals surface area contributed by atoms with E-state index in [2.05, 4.69) is 4.90 Å². The SMILES string of the molecule is COC1CCN(c2ccc(CN)c(F)c2)CC1. The number of nitrogens with zero attached hydrogens (tertiary/aromatic N) is 1. The first-order chi connectivity index (χ1) is 8.24. The summed E-state index contributed by atoms with van der Waals surface area (Å²) >= 11 is 0.